The van der Waals surface area contributed by atoms with Crippen LogP contribution in [-0.2, 0) is 0 Å². The fourth-order valence-corrected chi connectivity index (χ4v) is 3.20. The molecule has 0 unspecified atom stereocenters. The molecule has 32 heavy (non-hydrogen) atoms. The van der Waals surface area contributed by atoms with E-state index in [1.807, 2.05) is 0 Å². The minimum atomic E-state index is -1.34. The summed E-state index contributed by atoms with van der Waals surface area (Å²) in [5.74, 6) is -1.27. The Bertz CT molecular complexity index is 1450. The van der Waals surface area contributed by atoms with E-state index in [1.165, 1.54) is 6.07 Å². The first-order valence-corrected chi connectivity index (χ1v) is 9.56. The summed E-state index contributed by atoms with van der Waals surface area (Å²) in [4.78, 5) is 46.5. The third-order valence-corrected chi connectivity index (χ3v) is 4.58. The number of carboxylic acids is 1. The van der Waals surface area contributed by atoms with Crippen LogP contribution in [0.5, 0.6) is 11.5 Å². The number of carboxylic acid groups (broad SMARTS) is 1. The highest BCUT2D eigenvalue weighted by atomic mass is 16.5. The Kier molecular flexibility index (Phi) is 5.71. The first-order chi connectivity index (χ1) is 15.5. The summed E-state index contributed by atoms with van der Waals surface area (Å²) in [6.45, 7) is 0.393. The summed E-state index contributed by atoms with van der Waals surface area (Å²) in [6, 6.07) is 11.5. The van der Waals surface area contributed by atoms with E-state index >= 15 is 0 Å². The average molecular weight is 436 g/mol. The van der Waals surface area contributed by atoms with E-state index < -0.39 is 17.2 Å². The van der Waals surface area contributed by atoms with E-state index in [-0.39, 0.29) is 52.1 Å². The fourth-order valence-electron chi connectivity index (χ4n) is 3.20. The molecule has 0 aliphatic carbocycles. The van der Waals surface area contributed by atoms with E-state index in [2.05, 4.69) is 0 Å². The lowest BCUT2D eigenvalue weighted by Crippen LogP contribution is -2.10. The van der Waals surface area contributed by atoms with Gasteiger partial charge in [-0.25, -0.2) is 4.79 Å². The summed E-state index contributed by atoms with van der Waals surface area (Å²) in [5.41, 5.74) is -0.548. The SMILES string of the molecule is O=Cc1cc(=O)c2c(OCCCOc3cccc4oc(C(=O)O)cc(=O)c34)cccc2o1. The van der Waals surface area contributed by atoms with Crippen LogP contribution < -0.4 is 20.3 Å². The first-order valence-electron chi connectivity index (χ1n) is 9.56. The molecule has 162 valence electrons. The molecule has 0 radical (unpaired) electrons. The molecule has 0 atom stereocenters. The molecule has 0 bridgehead atoms. The number of carbonyl (C=O) groups excluding carboxylic acids is 1. The highest BCUT2D eigenvalue weighted by molar-refractivity contribution is 5.89. The lowest BCUT2D eigenvalue weighted by Gasteiger charge is -2.11. The Hall–Kier alpha value is -4.40. The van der Waals surface area contributed by atoms with Crippen molar-refractivity contribution in [2.75, 3.05) is 13.2 Å². The van der Waals surface area contributed by atoms with Crippen molar-refractivity contribution in [1.29, 1.82) is 0 Å². The second kappa shape index (κ2) is 8.76. The molecule has 1 N–H and O–H groups in total. The topological polar surface area (TPSA) is 133 Å². The Balaban J connectivity index is 1.44. The number of ether oxygens (including phenoxy) is 2. The molecular weight excluding hydrogens is 420 g/mol. The van der Waals surface area contributed by atoms with Gasteiger partial charge in [0, 0.05) is 18.6 Å². The summed E-state index contributed by atoms with van der Waals surface area (Å²) < 4.78 is 21.9. The number of rotatable bonds is 8. The Morgan fingerprint density at radius 3 is 2.00 bits per heavy atom. The van der Waals surface area contributed by atoms with Gasteiger partial charge >= 0.3 is 5.97 Å². The van der Waals surface area contributed by atoms with Crippen molar-refractivity contribution in [2.24, 2.45) is 0 Å². The standard InChI is InChI=1S/C23H16O9/c24-12-13-10-14(25)21-16(4-1-6-18(21)31-13)29-8-3-9-30-17-5-2-7-19-22(17)15(26)11-20(32-19)23(27)28/h1-2,4-7,10-12H,3,8-9H2,(H,27,28). The Morgan fingerprint density at radius 2 is 1.44 bits per heavy atom. The molecule has 4 rings (SSSR count). The van der Waals surface area contributed by atoms with Gasteiger partial charge in [-0.3, -0.25) is 14.4 Å². The molecule has 0 spiro atoms. The van der Waals surface area contributed by atoms with Crippen molar-refractivity contribution in [3.05, 3.63) is 80.5 Å². The van der Waals surface area contributed by atoms with Crippen molar-refractivity contribution in [3.63, 3.8) is 0 Å². The molecule has 2 aromatic carbocycles. The number of hydrogen-bond acceptors (Lipinski definition) is 8. The van der Waals surface area contributed by atoms with Gasteiger partial charge in [0.2, 0.25) is 5.76 Å². The number of hydrogen-bond donors (Lipinski definition) is 1. The van der Waals surface area contributed by atoms with Crippen LogP contribution in [0.25, 0.3) is 21.9 Å². The van der Waals surface area contributed by atoms with Crippen molar-refractivity contribution in [3.8, 4) is 11.5 Å². The largest absolute Gasteiger partial charge is 0.493 e. The van der Waals surface area contributed by atoms with Crippen LogP contribution in [0.1, 0.15) is 27.5 Å². The van der Waals surface area contributed by atoms with Crippen LogP contribution in [0.3, 0.4) is 0 Å². The maximum absolute atomic E-state index is 12.3. The second-order valence-electron chi connectivity index (χ2n) is 6.72. The van der Waals surface area contributed by atoms with Gasteiger partial charge in [0.15, 0.2) is 22.9 Å². The third kappa shape index (κ3) is 4.08. The Morgan fingerprint density at radius 1 is 0.875 bits per heavy atom. The third-order valence-electron chi connectivity index (χ3n) is 4.58. The van der Waals surface area contributed by atoms with Crippen LogP contribution in [0.15, 0.2) is 67.0 Å². The fraction of sp³-hybridized carbons (Fsp3) is 0.130. The molecule has 0 saturated carbocycles. The molecule has 0 aliphatic rings. The monoisotopic (exact) mass is 436 g/mol. The van der Waals surface area contributed by atoms with Crippen LogP contribution in [-0.4, -0.2) is 30.6 Å². The molecule has 9 heteroatoms. The maximum Gasteiger partial charge on any atom is 0.371 e. The number of fused-ring (bicyclic) bond motifs is 2. The highest BCUT2D eigenvalue weighted by Gasteiger charge is 2.14. The van der Waals surface area contributed by atoms with Crippen LogP contribution in [0.2, 0.25) is 0 Å². The average Bonchev–Trinajstić information content (AvgIpc) is 2.78. The van der Waals surface area contributed by atoms with E-state index in [1.54, 1.807) is 30.3 Å². The highest BCUT2D eigenvalue weighted by Crippen LogP contribution is 2.25. The molecule has 2 heterocycles. The first kappa shape index (κ1) is 20.9. The number of carbonyl (C=O) groups is 2. The van der Waals surface area contributed by atoms with E-state index in [0.29, 0.717) is 18.5 Å². The molecule has 0 fully saturated rings. The van der Waals surface area contributed by atoms with Gasteiger partial charge in [0.25, 0.3) is 0 Å². The quantitative estimate of drug-likeness (QED) is 0.326. The molecule has 4 aromatic rings. The van der Waals surface area contributed by atoms with Crippen molar-refractivity contribution < 1.29 is 33.0 Å². The van der Waals surface area contributed by atoms with Crippen molar-refractivity contribution in [2.45, 2.75) is 6.42 Å². The number of benzene rings is 2. The van der Waals surface area contributed by atoms with Gasteiger partial charge < -0.3 is 23.4 Å². The van der Waals surface area contributed by atoms with Gasteiger partial charge in [-0.2, -0.15) is 0 Å². The second-order valence-corrected chi connectivity index (χ2v) is 6.72. The summed E-state index contributed by atoms with van der Waals surface area (Å²) in [5, 5.41) is 9.41. The molecule has 0 aliphatic heterocycles. The van der Waals surface area contributed by atoms with E-state index in [0.717, 1.165) is 12.1 Å². The zero-order valence-electron chi connectivity index (χ0n) is 16.5. The zero-order chi connectivity index (χ0) is 22.7. The van der Waals surface area contributed by atoms with E-state index in [9.17, 15) is 19.2 Å². The minimum absolute atomic E-state index is 0.0666. The van der Waals surface area contributed by atoms with Gasteiger partial charge in [0.05, 0.1) is 13.2 Å². The summed E-state index contributed by atoms with van der Waals surface area (Å²) in [7, 11) is 0. The Labute approximate surface area is 179 Å². The van der Waals surface area contributed by atoms with E-state index in [4.69, 9.17) is 23.4 Å². The molecule has 0 saturated heterocycles. The summed E-state index contributed by atoms with van der Waals surface area (Å²) >= 11 is 0. The predicted molar refractivity (Wildman–Crippen MR) is 113 cm³/mol. The number of aromatic carboxylic acids is 1. The van der Waals surface area contributed by atoms with Crippen LogP contribution in [0.4, 0.5) is 0 Å². The number of aldehydes is 1. The normalized spacial score (nSPS) is 10.9. The van der Waals surface area contributed by atoms with Crippen LogP contribution in [0, 0.1) is 0 Å². The smallest absolute Gasteiger partial charge is 0.371 e. The lowest BCUT2D eigenvalue weighted by atomic mass is 10.2. The van der Waals surface area contributed by atoms with Crippen molar-refractivity contribution >= 4 is 34.2 Å². The van der Waals surface area contributed by atoms with Gasteiger partial charge in [-0.05, 0) is 24.3 Å². The molecule has 0 amide bonds. The van der Waals surface area contributed by atoms with Gasteiger partial charge in [-0.1, -0.05) is 12.1 Å². The molecule has 9 nitrogen and oxygen atoms in total. The van der Waals surface area contributed by atoms with Crippen molar-refractivity contribution in [1.82, 2.24) is 0 Å². The summed E-state index contributed by atoms with van der Waals surface area (Å²) in [6.07, 6.45) is 0.880. The predicted octanol–water partition coefficient (Wildman–Crippen LogP) is 3.26. The maximum atomic E-state index is 12.3. The van der Waals surface area contributed by atoms with Crippen LogP contribution >= 0.6 is 0 Å². The lowest BCUT2D eigenvalue weighted by molar-refractivity contribution is 0.0662. The zero-order valence-corrected chi connectivity index (χ0v) is 16.5. The molecular formula is C23H16O9. The van der Waals surface area contributed by atoms with Gasteiger partial charge in [-0.15, -0.1) is 0 Å². The minimum Gasteiger partial charge on any atom is -0.493 e. The molecule has 2 aromatic heterocycles. The van der Waals surface area contributed by atoms with Gasteiger partial charge in [0.1, 0.15) is 33.4 Å².